The molecule has 0 aliphatic heterocycles. The van der Waals surface area contributed by atoms with Gasteiger partial charge in [0.25, 0.3) is 5.91 Å². The van der Waals surface area contributed by atoms with Gasteiger partial charge in [-0.15, -0.1) is 0 Å². The number of rotatable bonds is 5. The molecule has 0 aliphatic carbocycles. The van der Waals surface area contributed by atoms with Gasteiger partial charge in [-0.05, 0) is 55.3 Å². The normalized spacial score (nSPS) is 10.4. The van der Waals surface area contributed by atoms with Crippen molar-refractivity contribution < 1.29 is 4.79 Å². The molecule has 0 unspecified atom stereocenters. The van der Waals surface area contributed by atoms with Gasteiger partial charge in [0.1, 0.15) is 17.3 Å². The maximum Gasteiger partial charge on any atom is 0.274 e. The van der Waals surface area contributed by atoms with Gasteiger partial charge in [0, 0.05) is 35.7 Å². The molecule has 0 saturated heterocycles. The summed E-state index contributed by atoms with van der Waals surface area (Å²) in [5.41, 5.74) is 2.94. The second-order valence-electron chi connectivity index (χ2n) is 5.81. The third-order valence-electron chi connectivity index (χ3n) is 3.73. The van der Waals surface area contributed by atoms with Gasteiger partial charge in [-0.1, -0.05) is 11.6 Å². The fraction of sp³-hybridized carbons (Fsp3) is 0.158. The first-order valence-corrected chi connectivity index (χ1v) is 8.45. The molecule has 1 aromatic carbocycles. The van der Waals surface area contributed by atoms with Crippen LogP contribution in [0.5, 0.6) is 0 Å². The standard InChI is InChI=1S/C19H18ClN5O/c1-12-9-15(20)3-4-16(12)25-19(26)17-10-18(24-13(2)23-17)22-11-14-5-7-21-8-6-14/h3-10H,11H2,1-2H3,(H,25,26)(H,22,23,24). The molecule has 0 aliphatic rings. The number of aryl methyl sites for hydroxylation is 2. The van der Waals surface area contributed by atoms with E-state index in [0.717, 1.165) is 11.1 Å². The van der Waals surface area contributed by atoms with Crippen molar-refractivity contribution in [3.05, 3.63) is 76.5 Å². The highest BCUT2D eigenvalue weighted by Gasteiger charge is 2.12. The number of aromatic nitrogens is 3. The summed E-state index contributed by atoms with van der Waals surface area (Å²) in [6.45, 7) is 4.21. The highest BCUT2D eigenvalue weighted by molar-refractivity contribution is 6.30. The Morgan fingerprint density at radius 2 is 1.85 bits per heavy atom. The van der Waals surface area contributed by atoms with E-state index >= 15 is 0 Å². The topological polar surface area (TPSA) is 79.8 Å². The summed E-state index contributed by atoms with van der Waals surface area (Å²) in [6.07, 6.45) is 3.46. The minimum Gasteiger partial charge on any atom is -0.366 e. The molecular weight excluding hydrogens is 350 g/mol. The van der Waals surface area contributed by atoms with Crippen LogP contribution in [-0.2, 0) is 6.54 Å². The third-order valence-corrected chi connectivity index (χ3v) is 3.97. The van der Waals surface area contributed by atoms with Crippen LogP contribution in [0.25, 0.3) is 0 Å². The summed E-state index contributed by atoms with van der Waals surface area (Å²) in [6, 6.07) is 10.8. The zero-order valence-corrected chi connectivity index (χ0v) is 15.2. The van der Waals surface area contributed by atoms with Crippen molar-refractivity contribution in [3.8, 4) is 0 Å². The van der Waals surface area contributed by atoms with Crippen LogP contribution in [0.15, 0.2) is 48.8 Å². The Morgan fingerprint density at radius 1 is 1.08 bits per heavy atom. The van der Waals surface area contributed by atoms with Crippen molar-refractivity contribution in [2.45, 2.75) is 20.4 Å². The molecule has 7 heteroatoms. The highest BCUT2D eigenvalue weighted by atomic mass is 35.5. The van der Waals surface area contributed by atoms with E-state index in [1.807, 2.05) is 19.1 Å². The van der Waals surface area contributed by atoms with Gasteiger partial charge < -0.3 is 10.6 Å². The Balaban J connectivity index is 1.75. The Bertz CT molecular complexity index is 930. The Labute approximate surface area is 156 Å². The number of carbonyl (C=O) groups is 1. The molecule has 0 radical (unpaired) electrons. The van der Waals surface area contributed by atoms with Gasteiger partial charge in [0.15, 0.2) is 0 Å². The van der Waals surface area contributed by atoms with Crippen LogP contribution >= 0.6 is 11.6 Å². The molecule has 3 rings (SSSR count). The molecule has 2 N–H and O–H groups in total. The lowest BCUT2D eigenvalue weighted by atomic mass is 10.2. The number of pyridine rings is 1. The van der Waals surface area contributed by atoms with E-state index in [1.165, 1.54) is 0 Å². The van der Waals surface area contributed by atoms with Gasteiger partial charge in [0.05, 0.1) is 0 Å². The smallest absolute Gasteiger partial charge is 0.274 e. The number of halogens is 1. The summed E-state index contributed by atoms with van der Waals surface area (Å²) in [5.74, 6) is 0.808. The number of benzene rings is 1. The molecule has 6 nitrogen and oxygen atoms in total. The van der Waals surface area contributed by atoms with Gasteiger partial charge in [-0.25, -0.2) is 9.97 Å². The van der Waals surface area contributed by atoms with E-state index in [0.29, 0.717) is 34.6 Å². The summed E-state index contributed by atoms with van der Waals surface area (Å²) < 4.78 is 0. The second kappa shape index (κ2) is 7.93. The number of hydrogen-bond acceptors (Lipinski definition) is 5. The Hall–Kier alpha value is -2.99. The maximum atomic E-state index is 12.6. The molecule has 0 bridgehead atoms. The van der Waals surface area contributed by atoms with E-state index in [9.17, 15) is 4.79 Å². The quantitative estimate of drug-likeness (QED) is 0.712. The van der Waals surface area contributed by atoms with E-state index in [1.54, 1.807) is 43.6 Å². The van der Waals surface area contributed by atoms with Gasteiger partial charge in [0.2, 0.25) is 0 Å². The molecule has 0 saturated carbocycles. The van der Waals surface area contributed by atoms with Gasteiger partial charge >= 0.3 is 0 Å². The van der Waals surface area contributed by atoms with Gasteiger partial charge in [-0.3, -0.25) is 9.78 Å². The first-order chi connectivity index (χ1) is 12.5. The van der Waals surface area contributed by atoms with Crippen LogP contribution in [0.2, 0.25) is 5.02 Å². The zero-order chi connectivity index (χ0) is 18.5. The summed E-state index contributed by atoms with van der Waals surface area (Å²) in [5, 5.41) is 6.69. The first kappa shape index (κ1) is 17.8. The van der Waals surface area contributed by atoms with E-state index in [-0.39, 0.29) is 5.91 Å². The number of hydrogen-bond donors (Lipinski definition) is 2. The lowest BCUT2D eigenvalue weighted by Gasteiger charge is -2.11. The largest absolute Gasteiger partial charge is 0.366 e. The number of anilines is 2. The van der Waals surface area contributed by atoms with Crippen LogP contribution in [0.1, 0.15) is 27.4 Å². The zero-order valence-electron chi connectivity index (χ0n) is 14.5. The SMILES string of the molecule is Cc1nc(NCc2ccncc2)cc(C(=O)Nc2ccc(Cl)cc2C)n1. The molecule has 1 amide bonds. The minimum atomic E-state index is -0.298. The summed E-state index contributed by atoms with van der Waals surface area (Å²) in [7, 11) is 0. The van der Waals surface area contributed by atoms with Crippen molar-refractivity contribution in [1.29, 1.82) is 0 Å². The van der Waals surface area contributed by atoms with Crippen molar-refractivity contribution in [3.63, 3.8) is 0 Å². The van der Waals surface area contributed by atoms with Crippen LogP contribution in [0, 0.1) is 13.8 Å². The molecule has 0 fully saturated rings. The lowest BCUT2D eigenvalue weighted by molar-refractivity contribution is 0.102. The fourth-order valence-electron chi connectivity index (χ4n) is 2.42. The average Bonchev–Trinajstić information content (AvgIpc) is 2.63. The minimum absolute atomic E-state index is 0.295. The molecule has 132 valence electrons. The molecular formula is C19H18ClN5O. The van der Waals surface area contributed by atoms with Crippen molar-refractivity contribution in [2.75, 3.05) is 10.6 Å². The number of nitrogens with one attached hydrogen (secondary N) is 2. The molecule has 0 spiro atoms. The molecule has 3 aromatic rings. The van der Waals surface area contributed by atoms with Crippen LogP contribution in [-0.4, -0.2) is 20.9 Å². The summed E-state index contributed by atoms with van der Waals surface area (Å²) in [4.78, 5) is 25.1. The maximum absolute atomic E-state index is 12.6. The number of amides is 1. The Kier molecular flexibility index (Phi) is 5.43. The van der Waals surface area contributed by atoms with Crippen molar-refractivity contribution >= 4 is 29.0 Å². The molecule has 2 heterocycles. The number of carbonyl (C=O) groups excluding carboxylic acids is 1. The first-order valence-electron chi connectivity index (χ1n) is 8.07. The summed E-state index contributed by atoms with van der Waals surface area (Å²) >= 11 is 5.95. The lowest BCUT2D eigenvalue weighted by Crippen LogP contribution is -2.16. The van der Waals surface area contributed by atoms with Crippen molar-refractivity contribution in [2.24, 2.45) is 0 Å². The third kappa shape index (κ3) is 4.55. The van der Waals surface area contributed by atoms with E-state index in [4.69, 9.17) is 11.6 Å². The van der Waals surface area contributed by atoms with E-state index in [2.05, 4.69) is 25.6 Å². The second-order valence-corrected chi connectivity index (χ2v) is 6.24. The van der Waals surface area contributed by atoms with Crippen molar-refractivity contribution in [1.82, 2.24) is 15.0 Å². The van der Waals surface area contributed by atoms with E-state index < -0.39 is 0 Å². The molecule has 0 atom stereocenters. The Morgan fingerprint density at radius 3 is 2.58 bits per heavy atom. The average molecular weight is 368 g/mol. The molecule has 26 heavy (non-hydrogen) atoms. The highest BCUT2D eigenvalue weighted by Crippen LogP contribution is 2.20. The van der Waals surface area contributed by atoms with Crippen LogP contribution in [0.3, 0.4) is 0 Å². The predicted octanol–water partition coefficient (Wildman–Crippen LogP) is 4.01. The monoisotopic (exact) mass is 367 g/mol. The number of nitrogens with zero attached hydrogens (tertiary/aromatic N) is 3. The van der Waals surface area contributed by atoms with Gasteiger partial charge in [-0.2, -0.15) is 0 Å². The van der Waals surface area contributed by atoms with Crippen LogP contribution < -0.4 is 10.6 Å². The van der Waals surface area contributed by atoms with Crippen LogP contribution in [0.4, 0.5) is 11.5 Å². The predicted molar refractivity (Wildman–Crippen MR) is 102 cm³/mol. The molecule has 2 aromatic heterocycles. The fourth-order valence-corrected chi connectivity index (χ4v) is 2.65.